The quantitative estimate of drug-likeness (QED) is 0.849. The van der Waals surface area contributed by atoms with Crippen LogP contribution in [0.3, 0.4) is 0 Å². The van der Waals surface area contributed by atoms with Crippen LogP contribution in [0.5, 0.6) is 0 Å². The average molecular weight is 368 g/mol. The van der Waals surface area contributed by atoms with Gasteiger partial charge in [0.1, 0.15) is 5.82 Å². The smallest absolute Gasteiger partial charge is 0.256 e. The molecule has 27 heavy (non-hydrogen) atoms. The minimum absolute atomic E-state index is 0.0366. The fourth-order valence-corrected chi connectivity index (χ4v) is 4.38. The predicted octanol–water partition coefficient (Wildman–Crippen LogP) is 2.25. The first-order chi connectivity index (χ1) is 12.9. The van der Waals surface area contributed by atoms with Crippen LogP contribution in [-0.4, -0.2) is 44.6 Å². The van der Waals surface area contributed by atoms with Crippen LogP contribution in [0.25, 0.3) is 0 Å². The van der Waals surface area contributed by atoms with Gasteiger partial charge in [0.15, 0.2) is 5.78 Å². The molecule has 1 atom stereocenters. The Labute approximate surface area is 157 Å². The van der Waals surface area contributed by atoms with Gasteiger partial charge in [0.2, 0.25) is 0 Å². The van der Waals surface area contributed by atoms with Gasteiger partial charge in [0.25, 0.3) is 11.5 Å². The van der Waals surface area contributed by atoms with Gasteiger partial charge in [-0.05, 0) is 39.5 Å². The van der Waals surface area contributed by atoms with Crippen LogP contribution in [0.15, 0.2) is 10.9 Å². The number of carbonyl (C=O) groups is 2. The Morgan fingerprint density at radius 1 is 1.19 bits per heavy atom. The number of aryl methyl sites for hydroxylation is 3. The van der Waals surface area contributed by atoms with E-state index >= 15 is 0 Å². The summed E-state index contributed by atoms with van der Waals surface area (Å²) in [5.74, 6) is 0.590. The number of likely N-dealkylation sites (tertiary alicyclic amines) is 1. The van der Waals surface area contributed by atoms with Gasteiger partial charge >= 0.3 is 0 Å². The molecule has 0 bridgehead atoms. The zero-order chi connectivity index (χ0) is 19.1. The third kappa shape index (κ3) is 3.22. The highest BCUT2D eigenvalue weighted by Crippen LogP contribution is 2.31. The second-order valence-corrected chi connectivity index (χ2v) is 7.60. The number of carbonyl (C=O) groups excluding carboxylic acids is 2. The summed E-state index contributed by atoms with van der Waals surface area (Å²) >= 11 is 0. The zero-order valence-corrected chi connectivity index (χ0v) is 15.7. The zero-order valence-electron chi connectivity index (χ0n) is 15.7. The molecule has 142 valence electrons. The van der Waals surface area contributed by atoms with Crippen LogP contribution in [0.1, 0.15) is 75.2 Å². The van der Waals surface area contributed by atoms with Gasteiger partial charge in [-0.15, -0.1) is 0 Å². The van der Waals surface area contributed by atoms with Crippen molar-refractivity contribution in [2.45, 2.75) is 51.9 Å². The summed E-state index contributed by atoms with van der Waals surface area (Å²) in [5.41, 5.74) is 3.36. The molecule has 7 heteroatoms. The van der Waals surface area contributed by atoms with E-state index in [-0.39, 0.29) is 23.2 Å². The Bertz CT molecular complexity index is 972. The number of ketones is 1. The molecular weight excluding hydrogens is 344 g/mol. The molecule has 1 amide bonds. The minimum atomic E-state index is -0.165. The summed E-state index contributed by atoms with van der Waals surface area (Å²) in [4.78, 5) is 49.7. The molecule has 1 aliphatic carbocycles. The molecular formula is C20H24N4O3. The monoisotopic (exact) mass is 368 g/mol. The SMILES string of the molecule is Cc1nc([C@@H]2CCCN(C(=O)c3c(C)[nH]c4c3C(=O)CCC4)C2)cc(=O)[nH]1. The van der Waals surface area contributed by atoms with E-state index < -0.39 is 0 Å². The number of piperidine rings is 1. The van der Waals surface area contributed by atoms with Crippen LogP contribution in [0.2, 0.25) is 0 Å². The lowest BCUT2D eigenvalue weighted by Gasteiger charge is -2.33. The molecule has 0 aromatic carbocycles. The number of hydrogen-bond donors (Lipinski definition) is 2. The van der Waals surface area contributed by atoms with Gasteiger partial charge < -0.3 is 14.9 Å². The molecule has 2 aromatic heterocycles. The first-order valence-corrected chi connectivity index (χ1v) is 9.56. The van der Waals surface area contributed by atoms with Crippen molar-refractivity contribution in [2.24, 2.45) is 0 Å². The molecule has 0 spiro atoms. The molecule has 2 aliphatic rings. The molecule has 0 radical (unpaired) electrons. The fraction of sp³-hybridized carbons (Fsp3) is 0.500. The molecule has 1 fully saturated rings. The lowest BCUT2D eigenvalue weighted by atomic mass is 9.91. The van der Waals surface area contributed by atoms with Crippen molar-refractivity contribution in [2.75, 3.05) is 13.1 Å². The molecule has 3 heterocycles. The molecule has 1 saturated heterocycles. The number of Topliss-reactive ketones (excluding diaryl/α,β-unsaturated/α-hetero) is 1. The predicted molar refractivity (Wildman–Crippen MR) is 100 cm³/mol. The Morgan fingerprint density at radius 2 is 2.00 bits per heavy atom. The molecule has 0 unspecified atom stereocenters. The second kappa shape index (κ2) is 6.79. The summed E-state index contributed by atoms with van der Waals surface area (Å²) in [7, 11) is 0. The summed E-state index contributed by atoms with van der Waals surface area (Å²) in [6, 6.07) is 1.53. The fourth-order valence-electron chi connectivity index (χ4n) is 4.38. The maximum absolute atomic E-state index is 13.3. The van der Waals surface area contributed by atoms with Gasteiger partial charge in [-0.1, -0.05) is 0 Å². The number of hydrogen-bond acceptors (Lipinski definition) is 4. The number of H-pyrrole nitrogens is 2. The number of aromatic amines is 2. The van der Waals surface area contributed by atoms with E-state index in [1.54, 1.807) is 6.92 Å². The number of aromatic nitrogens is 3. The second-order valence-electron chi connectivity index (χ2n) is 7.60. The number of nitrogens with zero attached hydrogens (tertiary/aromatic N) is 2. The Kier molecular flexibility index (Phi) is 4.45. The number of nitrogens with one attached hydrogen (secondary N) is 2. The standard InChI is InChI=1S/C20H24N4O3/c1-11-18(19-14(21-11)6-3-7-16(19)25)20(27)24-8-4-5-13(10-24)15-9-17(26)23-12(2)22-15/h9,13,21H,3-8,10H2,1-2H3,(H,22,23,26)/t13-/m1/s1. The average Bonchev–Trinajstić information content (AvgIpc) is 2.97. The molecule has 2 aromatic rings. The van der Waals surface area contributed by atoms with Crippen molar-refractivity contribution in [3.63, 3.8) is 0 Å². The number of amides is 1. The van der Waals surface area contributed by atoms with Crippen LogP contribution >= 0.6 is 0 Å². The van der Waals surface area contributed by atoms with Crippen LogP contribution in [0.4, 0.5) is 0 Å². The number of fused-ring (bicyclic) bond motifs is 1. The van der Waals surface area contributed by atoms with Crippen molar-refractivity contribution in [1.82, 2.24) is 19.9 Å². The van der Waals surface area contributed by atoms with Crippen LogP contribution in [-0.2, 0) is 6.42 Å². The largest absolute Gasteiger partial charge is 0.361 e. The molecule has 1 aliphatic heterocycles. The van der Waals surface area contributed by atoms with Crippen molar-refractivity contribution in [1.29, 1.82) is 0 Å². The summed E-state index contributed by atoms with van der Waals surface area (Å²) in [6.45, 7) is 4.80. The Balaban J connectivity index is 1.62. The van der Waals surface area contributed by atoms with Crippen molar-refractivity contribution >= 4 is 11.7 Å². The summed E-state index contributed by atoms with van der Waals surface area (Å²) in [5, 5.41) is 0. The normalized spacial score (nSPS) is 19.9. The third-order valence-corrected chi connectivity index (χ3v) is 5.60. The lowest BCUT2D eigenvalue weighted by molar-refractivity contribution is 0.0700. The van der Waals surface area contributed by atoms with Gasteiger partial charge in [-0.3, -0.25) is 14.4 Å². The maximum atomic E-state index is 13.3. The maximum Gasteiger partial charge on any atom is 0.256 e. The highest BCUT2D eigenvalue weighted by Gasteiger charge is 2.33. The highest BCUT2D eigenvalue weighted by molar-refractivity contribution is 6.10. The first-order valence-electron chi connectivity index (χ1n) is 9.56. The van der Waals surface area contributed by atoms with Gasteiger partial charge in [-0.25, -0.2) is 4.98 Å². The van der Waals surface area contributed by atoms with Crippen molar-refractivity contribution in [3.8, 4) is 0 Å². The lowest BCUT2D eigenvalue weighted by Crippen LogP contribution is -2.40. The summed E-state index contributed by atoms with van der Waals surface area (Å²) in [6.07, 6.45) is 3.89. The van der Waals surface area contributed by atoms with Crippen LogP contribution < -0.4 is 5.56 Å². The van der Waals surface area contributed by atoms with Gasteiger partial charge in [0, 0.05) is 42.9 Å². The highest BCUT2D eigenvalue weighted by atomic mass is 16.2. The minimum Gasteiger partial charge on any atom is -0.361 e. The molecule has 2 N–H and O–H groups in total. The van der Waals surface area contributed by atoms with E-state index in [1.807, 2.05) is 11.8 Å². The topological polar surface area (TPSA) is 98.9 Å². The third-order valence-electron chi connectivity index (χ3n) is 5.60. The van der Waals surface area contributed by atoms with Gasteiger partial charge in [0.05, 0.1) is 16.8 Å². The molecule has 0 saturated carbocycles. The molecule has 7 nitrogen and oxygen atoms in total. The van der Waals surface area contributed by atoms with Crippen molar-refractivity contribution < 1.29 is 9.59 Å². The van der Waals surface area contributed by atoms with E-state index in [1.165, 1.54) is 6.07 Å². The van der Waals surface area contributed by atoms with Crippen molar-refractivity contribution in [3.05, 3.63) is 50.5 Å². The van der Waals surface area contributed by atoms with E-state index in [9.17, 15) is 14.4 Å². The first kappa shape index (κ1) is 17.7. The molecule has 4 rings (SSSR count). The Hall–Kier alpha value is -2.70. The van der Waals surface area contributed by atoms with E-state index in [0.717, 1.165) is 42.8 Å². The van der Waals surface area contributed by atoms with Gasteiger partial charge in [-0.2, -0.15) is 0 Å². The Morgan fingerprint density at radius 3 is 2.78 bits per heavy atom. The summed E-state index contributed by atoms with van der Waals surface area (Å²) < 4.78 is 0. The van der Waals surface area contributed by atoms with Crippen LogP contribution in [0, 0.1) is 13.8 Å². The van der Waals surface area contributed by atoms with E-state index in [2.05, 4.69) is 15.0 Å². The van der Waals surface area contributed by atoms with E-state index in [0.29, 0.717) is 36.5 Å². The van der Waals surface area contributed by atoms with E-state index in [4.69, 9.17) is 0 Å². The number of rotatable bonds is 2.